The summed E-state index contributed by atoms with van der Waals surface area (Å²) >= 11 is 0. The molecule has 0 radical (unpaired) electrons. The van der Waals surface area contributed by atoms with E-state index >= 15 is 0 Å². The Labute approximate surface area is 205 Å². The fraction of sp³-hybridized carbons (Fsp3) is 0.269. The highest BCUT2D eigenvalue weighted by atomic mass is 32.2. The summed E-state index contributed by atoms with van der Waals surface area (Å²) in [6.07, 6.45) is -0.410. The standard InChI is InChI=1S/C26H28N2O6S/c1-32-23-13-12-19(16-24(23)33-2)14-15-27-26(29)25-17-28(21-10-6-7-11-22(21)34-25)35(30,31)18-20-8-4-3-5-9-20/h3-13,16,25H,14-15,17-18H2,1-2H3,(H,27,29)/t25-/m0/s1. The third kappa shape index (κ3) is 5.68. The lowest BCUT2D eigenvalue weighted by molar-refractivity contribution is -0.127. The van der Waals surface area contributed by atoms with E-state index < -0.39 is 16.1 Å². The van der Waals surface area contributed by atoms with Crippen molar-refractivity contribution in [3.63, 3.8) is 0 Å². The van der Waals surface area contributed by atoms with E-state index in [1.807, 2.05) is 24.3 Å². The summed E-state index contributed by atoms with van der Waals surface area (Å²) in [7, 11) is -0.605. The van der Waals surface area contributed by atoms with Gasteiger partial charge < -0.3 is 19.5 Å². The second kappa shape index (κ2) is 10.7. The molecule has 0 fully saturated rings. The molecule has 3 aromatic rings. The van der Waals surface area contributed by atoms with Crippen molar-refractivity contribution in [2.45, 2.75) is 18.3 Å². The molecule has 9 heteroatoms. The van der Waals surface area contributed by atoms with Gasteiger partial charge >= 0.3 is 0 Å². The van der Waals surface area contributed by atoms with Crippen LogP contribution in [0.3, 0.4) is 0 Å². The van der Waals surface area contributed by atoms with Gasteiger partial charge in [-0.3, -0.25) is 9.10 Å². The number of nitrogens with zero attached hydrogens (tertiary/aromatic N) is 1. The monoisotopic (exact) mass is 496 g/mol. The van der Waals surface area contributed by atoms with Gasteiger partial charge in [0.05, 0.1) is 32.2 Å². The van der Waals surface area contributed by atoms with Gasteiger partial charge in [0.2, 0.25) is 10.0 Å². The molecule has 0 aliphatic carbocycles. The van der Waals surface area contributed by atoms with Crippen LogP contribution in [0.1, 0.15) is 11.1 Å². The lowest BCUT2D eigenvalue weighted by Gasteiger charge is -2.34. The Bertz CT molecular complexity index is 1280. The lowest BCUT2D eigenvalue weighted by Crippen LogP contribution is -2.51. The van der Waals surface area contributed by atoms with Gasteiger partial charge in [-0.2, -0.15) is 0 Å². The zero-order valence-corrected chi connectivity index (χ0v) is 20.5. The number of methoxy groups -OCH3 is 2. The summed E-state index contributed by atoms with van der Waals surface area (Å²) in [5.41, 5.74) is 2.06. The lowest BCUT2D eigenvalue weighted by atomic mass is 10.1. The van der Waals surface area contributed by atoms with Crippen molar-refractivity contribution in [3.05, 3.63) is 83.9 Å². The molecule has 0 bridgehead atoms. The van der Waals surface area contributed by atoms with Crippen molar-refractivity contribution < 1.29 is 27.4 Å². The molecule has 4 rings (SSSR count). The molecular weight excluding hydrogens is 468 g/mol. The SMILES string of the molecule is COc1ccc(CCNC(=O)[C@@H]2CN(S(=O)(=O)Cc3ccccc3)c3ccccc3O2)cc1OC. The number of ether oxygens (including phenoxy) is 3. The van der Waals surface area contributed by atoms with Crippen molar-refractivity contribution in [2.24, 2.45) is 0 Å². The van der Waals surface area contributed by atoms with Crippen LogP contribution in [0.4, 0.5) is 5.69 Å². The average molecular weight is 497 g/mol. The average Bonchev–Trinajstić information content (AvgIpc) is 2.88. The minimum atomic E-state index is -3.75. The largest absolute Gasteiger partial charge is 0.493 e. The summed E-state index contributed by atoms with van der Waals surface area (Å²) in [5.74, 6) is 1.06. The van der Waals surface area contributed by atoms with Crippen LogP contribution in [0.25, 0.3) is 0 Å². The highest BCUT2D eigenvalue weighted by molar-refractivity contribution is 7.92. The first-order valence-corrected chi connectivity index (χ1v) is 12.8. The smallest absolute Gasteiger partial charge is 0.263 e. The maximum Gasteiger partial charge on any atom is 0.263 e. The third-order valence-corrected chi connectivity index (χ3v) is 7.43. The molecule has 1 aliphatic rings. The highest BCUT2D eigenvalue weighted by Gasteiger charge is 2.36. The van der Waals surface area contributed by atoms with Crippen molar-refractivity contribution in [1.82, 2.24) is 5.32 Å². The molecule has 1 aliphatic heterocycles. The van der Waals surface area contributed by atoms with Gasteiger partial charge in [0.15, 0.2) is 17.6 Å². The Hall–Kier alpha value is -3.72. The summed E-state index contributed by atoms with van der Waals surface area (Å²) in [6.45, 7) is 0.251. The predicted molar refractivity (Wildman–Crippen MR) is 134 cm³/mol. The Morgan fingerprint density at radius 1 is 0.971 bits per heavy atom. The zero-order chi connectivity index (χ0) is 24.8. The molecule has 0 spiro atoms. The van der Waals surface area contributed by atoms with Crippen LogP contribution < -0.4 is 23.8 Å². The van der Waals surface area contributed by atoms with E-state index in [1.54, 1.807) is 62.8 Å². The number of carbonyl (C=O) groups is 1. The first kappa shape index (κ1) is 24.4. The van der Waals surface area contributed by atoms with Gasteiger partial charge in [0.1, 0.15) is 5.75 Å². The van der Waals surface area contributed by atoms with Gasteiger partial charge in [-0.05, 0) is 41.8 Å². The quantitative estimate of drug-likeness (QED) is 0.489. The van der Waals surface area contributed by atoms with E-state index in [0.717, 1.165) is 5.56 Å². The predicted octanol–water partition coefficient (Wildman–Crippen LogP) is 3.16. The van der Waals surface area contributed by atoms with Crippen molar-refractivity contribution in [2.75, 3.05) is 31.6 Å². The topological polar surface area (TPSA) is 94.2 Å². The van der Waals surface area contributed by atoms with E-state index in [1.165, 1.54) is 4.31 Å². The number of sulfonamides is 1. The Balaban J connectivity index is 1.45. The number of anilines is 1. The fourth-order valence-electron chi connectivity index (χ4n) is 3.94. The van der Waals surface area contributed by atoms with Crippen LogP contribution in [-0.2, 0) is 27.0 Å². The third-order valence-electron chi connectivity index (χ3n) is 5.72. The van der Waals surface area contributed by atoms with E-state index in [-0.39, 0.29) is 18.2 Å². The molecule has 1 amide bonds. The van der Waals surface area contributed by atoms with Crippen LogP contribution in [0.5, 0.6) is 17.2 Å². The Kier molecular flexibility index (Phi) is 7.45. The Morgan fingerprint density at radius 3 is 2.43 bits per heavy atom. The molecule has 3 aromatic carbocycles. The van der Waals surface area contributed by atoms with Crippen LogP contribution >= 0.6 is 0 Å². The summed E-state index contributed by atoms with van der Waals surface area (Å²) in [4.78, 5) is 13.0. The minimum absolute atomic E-state index is 0.103. The second-order valence-corrected chi connectivity index (χ2v) is 9.97. The van der Waals surface area contributed by atoms with Crippen molar-refractivity contribution in [3.8, 4) is 17.2 Å². The molecule has 0 saturated carbocycles. The molecule has 8 nitrogen and oxygen atoms in total. The molecule has 0 unspecified atom stereocenters. The first-order chi connectivity index (χ1) is 16.9. The number of benzene rings is 3. The van der Waals surface area contributed by atoms with Crippen molar-refractivity contribution in [1.29, 1.82) is 0 Å². The molecule has 35 heavy (non-hydrogen) atoms. The van der Waals surface area contributed by atoms with Gasteiger partial charge in [-0.15, -0.1) is 0 Å². The van der Waals surface area contributed by atoms with E-state index in [4.69, 9.17) is 14.2 Å². The van der Waals surface area contributed by atoms with Crippen LogP contribution in [-0.4, -0.2) is 47.7 Å². The molecule has 1 N–H and O–H groups in total. The molecular formula is C26H28N2O6S. The maximum atomic E-state index is 13.3. The molecule has 0 aromatic heterocycles. The van der Waals surface area contributed by atoms with Crippen molar-refractivity contribution >= 4 is 21.6 Å². The number of rotatable bonds is 9. The fourth-order valence-corrected chi connectivity index (χ4v) is 5.53. The number of amides is 1. The second-order valence-electron chi connectivity index (χ2n) is 8.08. The van der Waals surface area contributed by atoms with Gasteiger partial charge in [0.25, 0.3) is 5.91 Å². The summed E-state index contributed by atoms with van der Waals surface area (Å²) in [6, 6.07) is 21.4. The number of carbonyl (C=O) groups excluding carboxylic acids is 1. The van der Waals surface area contributed by atoms with Crippen LogP contribution in [0.15, 0.2) is 72.8 Å². The zero-order valence-electron chi connectivity index (χ0n) is 19.6. The minimum Gasteiger partial charge on any atom is -0.493 e. The van der Waals surface area contributed by atoms with Gasteiger partial charge in [-0.1, -0.05) is 48.5 Å². The Morgan fingerprint density at radius 2 is 1.69 bits per heavy atom. The number of nitrogens with one attached hydrogen (secondary N) is 1. The number of fused-ring (bicyclic) bond motifs is 1. The van der Waals surface area contributed by atoms with Crippen LogP contribution in [0, 0.1) is 0 Å². The highest BCUT2D eigenvalue weighted by Crippen LogP contribution is 2.35. The molecule has 0 saturated heterocycles. The van der Waals surface area contributed by atoms with Crippen LogP contribution in [0.2, 0.25) is 0 Å². The van der Waals surface area contributed by atoms with Gasteiger partial charge in [-0.25, -0.2) is 8.42 Å². The number of para-hydroxylation sites is 2. The molecule has 1 atom stereocenters. The van der Waals surface area contributed by atoms with E-state index in [9.17, 15) is 13.2 Å². The molecule has 184 valence electrons. The van der Waals surface area contributed by atoms with E-state index in [0.29, 0.717) is 41.5 Å². The molecule has 1 heterocycles. The number of hydrogen-bond donors (Lipinski definition) is 1. The normalized spacial score (nSPS) is 15.0. The first-order valence-electron chi connectivity index (χ1n) is 11.2. The summed E-state index contributed by atoms with van der Waals surface area (Å²) < 4.78 is 44.4. The maximum absolute atomic E-state index is 13.3. The summed E-state index contributed by atoms with van der Waals surface area (Å²) in [5, 5.41) is 2.86. The van der Waals surface area contributed by atoms with Gasteiger partial charge in [0, 0.05) is 6.54 Å². The number of hydrogen-bond acceptors (Lipinski definition) is 6. The van der Waals surface area contributed by atoms with E-state index in [2.05, 4.69) is 5.32 Å².